The molecular weight excluding hydrogens is 426 g/mol. The molecule has 8 nitrogen and oxygen atoms in total. The lowest BCUT2D eigenvalue weighted by atomic mass is 9.80. The number of nitrogens with zero attached hydrogens (tertiary/aromatic N) is 5. The van der Waals surface area contributed by atoms with Crippen molar-refractivity contribution in [3.05, 3.63) is 47.5 Å². The first-order chi connectivity index (χ1) is 14.3. The standard InChI is InChI=1S/C20H20ClN5O3S/c1-30(28,29)20-15-4-5-22-9-18(15)25(24-20)10-19-23-16-8-13(21)2-3-17(16)26(19)14-6-12(7-14)11-27/h2-5,8-9,12,14,27H,6-7,10-11H2,1H3. The first-order valence-electron chi connectivity index (χ1n) is 9.63. The highest BCUT2D eigenvalue weighted by Gasteiger charge is 2.33. The Hall–Kier alpha value is -2.49. The van der Waals surface area contributed by atoms with Gasteiger partial charge in [0.1, 0.15) is 5.82 Å². The molecule has 156 valence electrons. The number of aliphatic hydroxyl groups is 1. The van der Waals surface area contributed by atoms with Gasteiger partial charge in [-0.2, -0.15) is 5.10 Å². The van der Waals surface area contributed by atoms with Crippen molar-refractivity contribution in [3.8, 4) is 0 Å². The predicted octanol–water partition coefficient (Wildman–Crippen LogP) is 2.83. The molecule has 5 rings (SSSR count). The number of benzene rings is 1. The summed E-state index contributed by atoms with van der Waals surface area (Å²) in [5.41, 5.74) is 2.38. The third-order valence-corrected chi connectivity index (χ3v) is 6.96. The summed E-state index contributed by atoms with van der Waals surface area (Å²) in [6.45, 7) is 0.474. The summed E-state index contributed by atoms with van der Waals surface area (Å²) < 4.78 is 28.3. The number of hydrogen-bond donors (Lipinski definition) is 1. The number of hydrogen-bond acceptors (Lipinski definition) is 6. The van der Waals surface area contributed by atoms with Gasteiger partial charge < -0.3 is 9.67 Å². The predicted molar refractivity (Wildman–Crippen MR) is 113 cm³/mol. The summed E-state index contributed by atoms with van der Waals surface area (Å²) in [5, 5.41) is 15.0. The summed E-state index contributed by atoms with van der Waals surface area (Å²) >= 11 is 6.17. The summed E-state index contributed by atoms with van der Waals surface area (Å²) in [6, 6.07) is 7.49. The molecule has 0 atom stereocenters. The average molecular weight is 446 g/mol. The number of imidazole rings is 1. The van der Waals surface area contributed by atoms with Gasteiger partial charge in [-0.25, -0.2) is 13.4 Å². The van der Waals surface area contributed by atoms with E-state index in [-0.39, 0.29) is 17.7 Å². The van der Waals surface area contributed by atoms with Crippen molar-refractivity contribution in [2.75, 3.05) is 12.9 Å². The van der Waals surface area contributed by atoms with Gasteiger partial charge in [0.25, 0.3) is 0 Å². The molecule has 1 fully saturated rings. The van der Waals surface area contributed by atoms with E-state index >= 15 is 0 Å². The fourth-order valence-electron chi connectivity index (χ4n) is 4.22. The molecule has 0 aliphatic heterocycles. The molecule has 30 heavy (non-hydrogen) atoms. The molecule has 0 saturated heterocycles. The SMILES string of the molecule is CS(=O)(=O)c1nn(Cc2nc3cc(Cl)ccc3n2C2CC(CO)C2)c2cnccc12. The summed E-state index contributed by atoms with van der Waals surface area (Å²) in [7, 11) is -3.49. The van der Waals surface area contributed by atoms with Crippen molar-refractivity contribution in [2.45, 2.75) is 30.5 Å². The number of aromatic nitrogens is 5. The van der Waals surface area contributed by atoms with Gasteiger partial charge in [0.2, 0.25) is 0 Å². The highest BCUT2D eigenvalue weighted by Crippen LogP contribution is 2.40. The maximum absolute atomic E-state index is 12.2. The Labute approximate surface area is 178 Å². The lowest BCUT2D eigenvalue weighted by Gasteiger charge is -2.36. The number of sulfone groups is 1. The number of halogens is 1. The van der Waals surface area contributed by atoms with Gasteiger partial charge in [-0.1, -0.05) is 11.6 Å². The van der Waals surface area contributed by atoms with Crippen LogP contribution in [0.3, 0.4) is 0 Å². The largest absolute Gasteiger partial charge is 0.396 e. The molecule has 0 radical (unpaired) electrons. The summed E-state index contributed by atoms with van der Waals surface area (Å²) in [4.78, 5) is 8.93. The van der Waals surface area contributed by atoms with Gasteiger partial charge in [-0.3, -0.25) is 9.67 Å². The van der Waals surface area contributed by atoms with Crippen LogP contribution in [0, 0.1) is 5.92 Å². The second kappa shape index (κ2) is 7.04. The molecule has 0 amide bonds. The van der Waals surface area contributed by atoms with Crippen molar-refractivity contribution < 1.29 is 13.5 Å². The second-order valence-electron chi connectivity index (χ2n) is 7.83. The maximum atomic E-state index is 12.2. The summed E-state index contributed by atoms with van der Waals surface area (Å²) in [5.74, 6) is 1.06. The van der Waals surface area contributed by atoms with Crippen LogP contribution in [0.4, 0.5) is 0 Å². The van der Waals surface area contributed by atoms with E-state index in [4.69, 9.17) is 16.6 Å². The van der Waals surface area contributed by atoms with Crippen molar-refractivity contribution in [3.63, 3.8) is 0 Å². The number of aliphatic hydroxyl groups excluding tert-OH is 1. The third kappa shape index (κ3) is 3.17. The van der Waals surface area contributed by atoms with Gasteiger partial charge in [-0.05, 0) is 43.0 Å². The van der Waals surface area contributed by atoms with Crippen LogP contribution >= 0.6 is 11.6 Å². The van der Waals surface area contributed by atoms with E-state index in [2.05, 4.69) is 14.6 Å². The minimum atomic E-state index is -3.49. The third-order valence-electron chi connectivity index (χ3n) is 5.72. The number of fused-ring (bicyclic) bond motifs is 2. The first-order valence-corrected chi connectivity index (χ1v) is 11.9. The minimum absolute atomic E-state index is 0.0367. The minimum Gasteiger partial charge on any atom is -0.396 e. The van der Waals surface area contributed by atoms with Crippen LogP contribution in [0.1, 0.15) is 24.7 Å². The van der Waals surface area contributed by atoms with Crippen molar-refractivity contribution >= 4 is 43.4 Å². The van der Waals surface area contributed by atoms with Crippen LogP contribution < -0.4 is 0 Å². The van der Waals surface area contributed by atoms with Crippen LogP contribution in [-0.4, -0.2) is 50.7 Å². The van der Waals surface area contributed by atoms with E-state index in [9.17, 15) is 13.5 Å². The normalized spacial score (nSPS) is 19.4. The number of rotatable bonds is 5. The molecule has 1 saturated carbocycles. The van der Waals surface area contributed by atoms with Gasteiger partial charge >= 0.3 is 0 Å². The smallest absolute Gasteiger partial charge is 0.195 e. The Balaban J connectivity index is 1.64. The zero-order valence-electron chi connectivity index (χ0n) is 16.2. The average Bonchev–Trinajstić information content (AvgIpc) is 3.20. The lowest BCUT2D eigenvalue weighted by Crippen LogP contribution is -2.30. The molecule has 1 aliphatic carbocycles. The lowest BCUT2D eigenvalue weighted by molar-refractivity contribution is 0.112. The van der Waals surface area contributed by atoms with E-state index < -0.39 is 9.84 Å². The van der Waals surface area contributed by atoms with Crippen LogP contribution in [0.5, 0.6) is 0 Å². The van der Waals surface area contributed by atoms with Crippen LogP contribution in [0.25, 0.3) is 21.9 Å². The maximum Gasteiger partial charge on any atom is 0.195 e. The van der Waals surface area contributed by atoms with Crippen molar-refractivity contribution in [1.82, 2.24) is 24.3 Å². The van der Waals surface area contributed by atoms with Crippen LogP contribution in [0.15, 0.2) is 41.7 Å². The van der Waals surface area contributed by atoms with Gasteiger partial charge in [0.15, 0.2) is 14.9 Å². The Kier molecular flexibility index (Phi) is 4.57. The zero-order valence-corrected chi connectivity index (χ0v) is 17.8. The molecule has 4 aromatic rings. The Morgan fingerprint density at radius 2 is 2.03 bits per heavy atom. The molecular formula is C20H20ClN5O3S. The van der Waals surface area contributed by atoms with Gasteiger partial charge in [-0.15, -0.1) is 0 Å². The van der Waals surface area contributed by atoms with Gasteiger partial charge in [0.05, 0.1) is 29.3 Å². The quantitative estimate of drug-likeness (QED) is 0.506. The molecule has 3 aromatic heterocycles. The Morgan fingerprint density at radius 1 is 1.23 bits per heavy atom. The molecule has 10 heteroatoms. The van der Waals surface area contributed by atoms with Crippen molar-refractivity contribution in [2.24, 2.45) is 5.92 Å². The molecule has 0 unspecified atom stereocenters. The van der Waals surface area contributed by atoms with Crippen LogP contribution in [0.2, 0.25) is 5.02 Å². The monoisotopic (exact) mass is 445 g/mol. The molecule has 0 spiro atoms. The second-order valence-corrected chi connectivity index (χ2v) is 10.2. The zero-order chi connectivity index (χ0) is 21.0. The fraction of sp³-hybridized carbons (Fsp3) is 0.350. The van der Waals surface area contributed by atoms with Crippen LogP contribution in [-0.2, 0) is 16.4 Å². The summed E-state index contributed by atoms with van der Waals surface area (Å²) in [6.07, 6.45) is 6.07. The Bertz CT molecular complexity index is 1370. The highest BCUT2D eigenvalue weighted by atomic mass is 35.5. The molecule has 3 heterocycles. The Morgan fingerprint density at radius 3 is 2.77 bits per heavy atom. The van der Waals surface area contributed by atoms with E-state index in [1.165, 1.54) is 0 Å². The molecule has 1 aromatic carbocycles. The van der Waals surface area contributed by atoms with E-state index in [1.54, 1.807) is 23.1 Å². The number of pyridine rings is 1. The van der Waals surface area contributed by atoms with E-state index in [0.29, 0.717) is 28.4 Å². The topological polar surface area (TPSA) is 103 Å². The first kappa shape index (κ1) is 19.5. The fourth-order valence-corrected chi connectivity index (χ4v) is 5.20. The molecule has 0 bridgehead atoms. The highest BCUT2D eigenvalue weighted by molar-refractivity contribution is 7.90. The molecule has 1 N–H and O–H groups in total. The molecule has 1 aliphatic rings. The van der Waals surface area contributed by atoms with E-state index in [0.717, 1.165) is 36.0 Å². The van der Waals surface area contributed by atoms with E-state index in [1.807, 2.05) is 18.2 Å². The van der Waals surface area contributed by atoms with Crippen molar-refractivity contribution in [1.29, 1.82) is 0 Å². The van der Waals surface area contributed by atoms with Gasteiger partial charge in [0, 0.05) is 35.5 Å².